The summed E-state index contributed by atoms with van der Waals surface area (Å²) in [6.07, 6.45) is 1.37. The van der Waals surface area contributed by atoms with Gasteiger partial charge in [0, 0.05) is 11.9 Å². The fraction of sp³-hybridized carbons (Fsp3) is 0.167. The predicted octanol–water partition coefficient (Wildman–Crippen LogP) is 2.13. The van der Waals surface area contributed by atoms with E-state index in [0.717, 1.165) is 5.56 Å². The molecule has 1 heterocycles. The minimum absolute atomic E-state index is 0.0861. The van der Waals surface area contributed by atoms with Crippen LogP contribution in [0.15, 0.2) is 29.3 Å². The van der Waals surface area contributed by atoms with Crippen molar-refractivity contribution in [1.82, 2.24) is 9.97 Å². The molecule has 0 bridgehead atoms. The van der Waals surface area contributed by atoms with Crippen LogP contribution in [0.25, 0.3) is 0 Å². The zero-order valence-corrected chi connectivity index (χ0v) is 12.5. The maximum atomic E-state index is 12.3. The molecule has 2 aromatic rings. The monoisotopic (exact) mass is 312 g/mol. The summed E-state index contributed by atoms with van der Waals surface area (Å²) in [5.74, 6) is -0.0861. The van der Waals surface area contributed by atoms with Crippen LogP contribution in [0, 0.1) is 13.8 Å². The van der Waals surface area contributed by atoms with E-state index in [1.807, 2.05) is 0 Å². The molecule has 0 amide bonds. The van der Waals surface area contributed by atoms with Crippen molar-refractivity contribution < 1.29 is 8.42 Å². The van der Waals surface area contributed by atoms with E-state index in [1.165, 1.54) is 18.3 Å². The first-order valence-corrected chi connectivity index (χ1v) is 7.54. The molecule has 0 saturated carbocycles. The molecule has 6 nitrogen and oxygen atoms in total. The van der Waals surface area contributed by atoms with E-state index in [0.29, 0.717) is 11.3 Å². The van der Waals surface area contributed by atoms with E-state index < -0.39 is 10.0 Å². The molecule has 0 unspecified atom stereocenters. The van der Waals surface area contributed by atoms with E-state index in [2.05, 4.69) is 14.7 Å². The molecule has 3 N–H and O–H groups in total. The van der Waals surface area contributed by atoms with Gasteiger partial charge in [0.25, 0.3) is 10.0 Å². The van der Waals surface area contributed by atoms with Crippen LogP contribution in [0.5, 0.6) is 0 Å². The lowest BCUT2D eigenvalue weighted by molar-refractivity contribution is 0.600. The van der Waals surface area contributed by atoms with Crippen LogP contribution in [0.4, 0.5) is 11.6 Å². The van der Waals surface area contributed by atoms with Gasteiger partial charge in [0.05, 0.1) is 4.90 Å². The van der Waals surface area contributed by atoms with Crippen molar-refractivity contribution in [2.45, 2.75) is 18.7 Å². The summed E-state index contributed by atoms with van der Waals surface area (Å²) in [5.41, 5.74) is 7.48. The molecular formula is C12H13ClN4O2S. The molecule has 106 valence electrons. The third-order valence-corrected chi connectivity index (χ3v) is 4.44. The van der Waals surface area contributed by atoms with Gasteiger partial charge in [-0.15, -0.1) is 0 Å². The third kappa shape index (κ3) is 3.00. The number of hydrogen-bond acceptors (Lipinski definition) is 5. The minimum atomic E-state index is -3.82. The summed E-state index contributed by atoms with van der Waals surface area (Å²) in [4.78, 5) is 7.69. The summed E-state index contributed by atoms with van der Waals surface area (Å²) < 4.78 is 27.0. The lowest BCUT2D eigenvalue weighted by atomic mass is 10.1. The van der Waals surface area contributed by atoms with Gasteiger partial charge in [0.15, 0.2) is 0 Å². The first-order valence-electron chi connectivity index (χ1n) is 5.67. The standard InChI is InChI=1S/C12H13ClN4O2S/c1-7-5-9(14)6-10(8(7)2)20(18,19)17-12-15-4-3-11(13)16-12/h3-6H,14H2,1-2H3,(H,15,16,17). The minimum Gasteiger partial charge on any atom is -0.399 e. The van der Waals surface area contributed by atoms with Gasteiger partial charge in [0.2, 0.25) is 5.95 Å². The summed E-state index contributed by atoms with van der Waals surface area (Å²) >= 11 is 5.70. The smallest absolute Gasteiger partial charge is 0.264 e. The Bertz CT molecular complexity index is 762. The van der Waals surface area contributed by atoms with E-state index in [1.54, 1.807) is 19.9 Å². The number of anilines is 2. The Balaban J connectivity index is 2.46. The number of nitrogens with one attached hydrogen (secondary N) is 1. The fourth-order valence-electron chi connectivity index (χ4n) is 1.69. The lowest BCUT2D eigenvalue weighted by Crippen LogP contribution is -2.17. The van der Waals surface area contributed by atoms with Crippen molar-refractivity contribution >= 4 is 33.3 Å². The fourth-order valence-corrected chi connectivity index (χ4v) is 3.13. The largest absolute Gasteiger partial charge is 0.399 e. The SMILES string of the molecule is Cc1cc(N)cc(S(=O)(=O)Nc2nccc(Cl)n2)c1C. The summed E-state index contributed by atoms with van der Waals surface area (Å²) in [6, 6.07) is 4.56. The maximum Gasteiger partial charge on any atom is 0.264 e. The van der Waals surface area contributed by atoms with E-state index in [4.69, 9.17) is 17.3 Å². The summed E-state index contributed by atoms with van der Waals surface area (Å²) in [5, 5.41) is 0.151. The molecule has 8 heteroatoms. The van der Waals surface area contributed by atoms with Gasteiger partial charge >= 0.3 is 0 Å². The number of benzene rings is 1. The van der Waals surface area contributed by atoms with Gasteiger partial charge in [-0.3, -0.25) is 0 Å². The molecular weight excluding hydrogens is 300 g/mol. The number of nitrogens with zero attached hydrogens (tertiary/aromatic N) is 2. The normalized spacial score (nSPS) is 11.3. The number of rotatable bonds is 3. The van der Waals surface area contributed by atoms with Crippen LogP contribution in [0.2, 0.25) is 5.15 Å². The molecule has 0 aliphatic carbocycles. The van der Waals surface area contributed by atoms with Gasteiger partial charge in [0.1, 0.15) is 5.15 Å². The molecule has 20 heavy (non-hydrogen) atoms. The molecule has 0 aliphatic heterocycles. The summed E-state index contributed by atoms with van der Waals surface area (Å²) in [7, 11) is -3.82. The molecule has 1 aromatic heterocycles. The van der Waals surface area contributed by atoms with Crippen molar-refractivity contribution in [3.63, 3.8) is 0 Å². The van der Waals surface area contributed by atoms with Crippen LogP contribution in [-0.2, 0) is 10.0 Å². The number of sulfonamides is 1. The van der Waals surface area contributed by atoms with Crippen LogP contribution in [0.3, 0.4) is 0 Å². The Kier molecular flexibility index (Phi) is 3.82. The molecule has 0 radical (unpaired) electrons. The second-order valence-corrected chi connectivity index (χ2v) is 6.31. The molecule has 0 fully saturated rings. The molecule has 0 saturated heterocycles. The molecule has 1 aromatic carbocycles. The number of hydrogen-bond donors (Lipinski definition) is 2. The Morgan fingerprint density at radius 2 is 2.00 bits per heavy atom. The van der Waals surface area contributed by atoms with Gasteiger partial charge < -0.3 is 5.73 Å². The third-order valence-electron chi connectivity index (χ3n) is 2.78. The Morgan fingerprint density at radius 1 is 1.30 bits per heavy atom. The van der Waals surface area contributed by atoms with Gasteiger partial charge in [-0.2, -0.15) is 0 Å². The van der Waals surface area contributed by atoms with Crippen molar-refractivity contribution in [1.29, 1.82) is 0 Å². The first kappa shape index (κ1) is 14.5. The Labute approximate surface area is 122 Å². The highest BCUT2D eigenvalue weighted by Crippen LogP contribution is 2.23. The summed E-state index contributed by atoms with van der Waals surface area (Å²) in [6.45, 7) is 3.50. The van der Waals surface area contributed by atoms with Crippen molar-refractivity contribution in [2.75, 3.05) is 10.5 Å². The molecule has 0 aliphatic rings. The van der Waals surface area contributed by atoms with Crippen LogP contribution >= 0.6 is 11.6 Å². The number of aromatic nitrogens is 2. The van der Waals surface area contributed by atoms with Gasteiger partial charge in [-0.25, -0.2) is 23.1 Å². The Hall–Kier alpha value is -1.86. The zero-order chi connectivity index (χ0) is 14.9. The predicted molar refractivity (Wildman–Crippen MR) is 78.2 cm³/mol. The number of nitrogen functional groups attached to an aromatic ring is 1. The average molecular weight is 313 g/mol. The quantitative estimate of drug-likeness (QED) is 0.668. The number of nitrogens with two attached hydrogens (primary N) is 1. The maximum absolute atomic E-state index is 12.3. The van der Waals surface area contributed by atoms with Crippen LogP contribution in [0.1, 0.15) is 11.1 Å². The van der Waals surface area contributed by atoms with Crippen LogP contribution < -0.4 is 10.5 Å². The highest BCUT2D eigenvalue weighted by molar-refractivity contribution is 7.92. The zero-order valence-electron chi connectivity index (χ0n) is 10.9. The van der Waals surface area contributed by atoms with Crippen molar-refractivity contribution in [3.05, 3.63) is 40.7 Å². The average Bonchev–Trinajstić information content (AvgIpc) is 2.33. The lowest BCUT2D eigenvalue weighted by Gasteiger charge is -2.12. The van der Waals surface area contributed by atoms with E-state index in [-0.39, 0.29) is 16.0 Å². The molecule has 0 atom stereocenters. The highest BCUT2D eigenvalue weighted by atomic mass is 35.5. The van der Waals surface area contributed by atoms with Crippen molar-refractivity contribution in [3.8, 4) is 0 Å². The van der Waals surface area contributed by atoms with Gasteiger partial charge in [-0.1, -0.05) is 11.6 Å². The molecule has 0 spiro atoms. The van der Waals surface area contributed by atoms with E-state index in [9.17, 15) is 8.42 Å². The second-order valence-electron chi connectivity index (χ2n) is 4.27. The number of aryl methyl sites for hydroxylation is 1. The topological polar surface area (TPSA) is 98.0 Å². The highest BCUT2D eigenvalue weighted by Gasteiger charge is 2.20. The van der Waals surface area contributed by atoms with Crippen molar-refractivity contribution in [2.24, 2.45) is 0 Å². The number of halogens is 1. The van der Waals surface area contributed by atoms with Crippen LogP contribution in [-0.4, -0.2) is 18.4 Å². The second kappa shape index (κ2) is 5.26. The van der Waals surface area contributed by atoms with Gasteiger partial charge in [-0.05, 0) is 43.2 Å². The Morgan fingerprint density at radius 3 is 2.65 bits per heavy atom. The molecule has 2 rings (SSSR count). The first-order chi connectivity index (χ1) is 9.29. The van der Waals surface area contributed by atoms with E-state index >= 15 is 0 Å².